The highest BCUT2D eigenvalue weighted by molar-refractivity contribution is 5.88. The van der Waals surface area contributed by atoms with Crippen LogP contribution in [0.25, 0.3) is 10.8 Å². The summed E-state index contributed by atoms with van der Waals surface area (Å²) in [6.45, 7) is 5.24. The molecule has 1 unspecified atom stereocenters. The first-order valence-corrected chi connectivity index (χ1v) is 8.65. The number of H-pyrrole nitrogens is 1. The maximum atomic E-state index is 12.4. The van der Waals surface area contributed by atoms with E-state index in [0.717, 1.165) is 31.4 Å². The van der Waals surface area contributed by atoms with Crippen LogP contribution in [-0.4, -0.2) is 46.7 Å². The monoisotopic (exact) mass is 328 g/mol. The molecule has 6 heteroatoms. The van der Waals surface area contributed by atoms with E-state index in [-0.39, 0.29) is 23.9 Å². The number of hydrogen-bond acceptors (Lipinski definition) is 4. The van der Waals surface area contributed by atoms with Crippen molar-refractivity contribution in [1.82, 2.24) is 20.4 Å². The van der Waals surface area contributed by atoms with Gasteiger partial charge in [-0.3, -0.25) is 9.59 Å². The van der Waals surface area contributed by atoms with Crippen molar-refractivity contribution < 1.29 is 4.79 Å². The Morgan fingerprint density at radius 3 is 2.71 bits per heavy atom. The molecule has 0 aliphatic carbocycles. The predicted molar refractivity (Wildman–Crippen MR) is 94.0 cm³/mol. The van der Waals surface area contributed by atoms with E-state index in [2.05, 4.69) is 27.3 Å². The number of hydrogen-bond donors (Lipinski definition) is 2. The molecular formula is C18H24N4O2. The Bertz CT molecular complexity index is 765. The van der Waals surface area contributed by atoms with E-state index in [1.165, 1.54) is 12.8 Å². The van der Waals surface area contributed by atoms with Gasteiger partial charge in [0.1, 0.15) is 0 Å². The molecule has 1 amide bonds. The molecular weight excluding hydrogens is 304 g/mol. The lowest BCUT2D eigenvalue weighted by molar-refractivity contribution is -0.121. The topological polar surface area (TPSA) is 78.1 Å². The van der Waals surface area contributed by atoms with Crippen LogP contribution in [0.15, 0.2) is 29.1 Å². The molecule has 1 saturated heterocycles. The minimum Gasteiger partial charge on any atom is -0.352 e. The number of nitrogens with zero attached hydrogens (tertiary/aromatic N) is 2. The molecule has 1 aliphatic heterocycles. The van der Waals surface area contributed by atoms with Crippen LogP contribution in [0.2, 0.25) is 0 Å². The molecule has 1 aliphatic rings. The largest absolute Gasteiger partial charge is 0.352 e. The second-order valence-corrected chi connectivity index (χ2v) is 6.40. The molecule has 2 aromatic rings. The summed E-state index contributed by atoms with van der Waals surface area (Å²) in [6.07, 6.45) is 3.57. The summed E-state index contributed by atoms with van der Waals surface area (Å²) in [5.41, 5.74) is 0.383. The number of benzene rings is 1. The number of rotatable bonds is 6. The summed E-state index contributed by atoms with van der Waals surface area (Å²) < 4.78 is 0. The quantitative estimate of drug-likeness (QED) is 0.841. The fraction of sp³-hybridized carbons (Fsp3) is 0.500. The molecule has 3 rings (SSSR count). The van der Waals surface area contributed by atoms with Gasteiger partial charge in [-0.05, 0) is 38.4 Å². The van der Waals surface area contributed by atoms with Crippen LogP contribution >= 0.6 is 0 Å². The summed E-state index contributed by atoms with van der Waals surface area (Å²) in [5.74, 6) is -0.0502. The predicted octanol–water partition coefficient (Wildman–Crippen LogP) is 1.46. The van der Waals surface area contributed by atoms with E-state index >= 15 is 0 Å². The van der Waals surface area contributed by atoms with Crippen molar-refractivity contribution in [2.24, 2.45) is 0 Å². The first-order chi connectivity index (χ1) is 11.7. The van der Waals surface area contributed by atoms with E-state index in [4.69, 9.17) is 0 Å². The number of amides is 1. The number of nitrogens with one attached hydrogen (secondary N) is 2. The molecule has 1 fully saturated rings. The average Bonchev–Trinajstić information content (AvgIpc) is 3.10. The van der Waals surface area contributed by atoms with Crippen molar-refractivity contribution in [3.63, 3.8) is 0 Å². The Morgan fingerprint density at radius 1 is 1.29 bits per heavy atom. The van der Waals surface area contributed by atoms with Gasteiger partial charge in [0.2, 0.25) is 5.91 Å². The number of aromatic amines is 1. The van der Waals surface area contributed by atoms with Crippen LogP contribution in [0.5, 0.6) is 0 Å². The highest BCUT2D eigenvalue weighted by atomic mass is 16.1. The fourth-order valence-electron chi connectivity index (χ4n) is 3.29. The normalized spacial score (nSPS) is 16.4. The van der Waals surface area contributed by atoms with E-state index in [0.29, 0.717) is 11.1 Å². The maximum absolute atomic E-state index is 12.4. The maximum Gasteiger partial charge on any atom is 0.272 e. The summed E-state index contributed by atoms with van der Waals surface area (Å²) >= 11 is 0. The molecule has 1 atom stereocenters. The lowest BCUT2D eigenvalue weighted by Crippen LogP contribution is -2.43. The van der Waals surface area contributed by atoms with Gasteiger partial charge in [0.15, 0.2) is 0 Å². The van der Waals surface area contributed by atoms with E-state index in [1.54, 1.807) is 6.07 Å². The van der Waals surface area contributed by atoms with Crippen LogP contribution in [0.3, 0.4) is 0 Å². The number of fused-ring (bicyclic) bond motifs is 1. The van der Waals surface area contributed by atoms with Crippen LogP contribution < -0.4 is 10.9 Å². The van der Waals surface area contributed by atoms with Gasteiger partial charge >= 0.3 is 0 Å². The fourth-order valence-corrected chi connectivity index (χ4v) is 3.29. The van der Waals surface area contributed by atoms with E-state index < -0.39 is 0 Å². The molecule has 2 heterocycles. The Kier molecular flexibility index (Phi) is 5.25. The molecule has 2 N–H and O–H groups in total. The first-order valence-electron chi connectivity index (χ1n) is 8.65. The van der Waals surface area contributed by atoms with Gasteiger partial charge in [-0.2, -0.15) is 5.10 Å². The Labute approximate surface area is 141 Å². The van der Waals surface area contributed by atoms with Crippen molar-refractivity contribution in [1.29, 1.82) is 0 Å². The molecule has 0 radical (unpaired) electrons. The highest BCUT2D eigenvalue weighted by Gasteiger charge is 2.19. The van der Waals surface area contributed by atoms with Crippen molar-refractivity contribution in [3.8, 4) is 0 Å². The summed E-state index contributed by atoms with van der Waals surface area (Å²) in [5, 5.41) is 11.0. The molecule has 1 aromatic heterocycles. The molecule has 0 saturated carbocycles. The molecule has 24 heavy (non-hydrogen) atoms. The lowest BCUT2D eigenvalue weighted by atomic mass is 10.1. The molecule has 1 aromatic carbocycles. The van der Waals surface area contributed by atoms with Gasteiger partial charge < -0.3 is 10.2 Å². The second kappa shape index (κ2) is 7.57. The van der Waals surface area contributed by atoms with Gasteiger partial charge in [-0.25, -0.2) is 5.10 Å². The van der Waals surface area contributed by atoms with Crippen LogP contribution in [0, 0.1) is 0 Å². The van der Waals surface area contributed by atoms with E-state index in [1.807, 2.05) is 18.2 Å². The third kappa shape index (κ3) is 3.82. The number of likely N-dealkylation sites (tertiary alicyclic amines) is 1. The summed E-state index contributed by atoms with van der Waals surface area (Å²) in [6, 6.07) is 7.41. The summed E-state index contributed by atoms with van der Waals surface area (Å²) in [7, 11) is 0. The Hall–Kier alpha value is -2.21. The minimum atomic E-state index is -0.227. The van der Waals surface area contributed by atoms with Crippen molar-refractivity contribution >= 4 is 16.7 Å². The lowest BCUT2D eigenvalue weighted by Gasteiger charge is -2.23. The number of carbonyl (C=O) groups excluding carboxylic acids is 1. The van der Waals surface area contributed by atoms with Gasteiger partial charge in [0, 0.05) is 18.0 Å². The SMILES string of the molecule is CCC(CN1CCCC1)NC(=O)Cc1n[nH]c(=O)c2ccccc12. The minimum absolute atomic E-state index is 0.0502. The van der Waals surface area contributed by atoms with Crippen molar-refractivity contribution in [2.45, 2.75) is 38.6 Å². The average molecular weight is 328 g/mol. The smallest absolute Gasteiger partial charge is 0.272 e. The zero-order chi connectivity index (χ0) is 16.9. The molecule has 128 valence electrons. The second-order valence-electron chi connectivity index (χ2n) is 6.40. The molecule has 0 bridgehead atoms. The van der Waals surface area contributed by atoms with Crippen molar-refractivity contribution in [3.05, 3.63) is 40.3 Å². The number of carbonyl (C=O) groups is 1. The zero-order valence-corrected chi connectivity index (χ0v) is 14.0. The van der Waals surface area contributed by atoms with Gasteiger partial charge in [-0.1, -0.05) is 25.1 Å². The summed E-state index contributed by atoms with van der Waals surface area (Å²) in [4.78, 5) is 26.6. The highest BCUT2D eigenvalue weighted by Crippen LogP contribution is 2.13. The van der Waals surface area contributed by atoms with E-state index in [9.17, 15) is 9.59 Å². The Morgan fingerprint density at radius 2 is 2.00 bits per heavy atom. The first kappa shape index (κ1) is 16.6. The van der Waals surface area contributed by atoms with Gasteiger partial charge in [0.25, 0.3) is 5.56 Å². The van der Waals surface area contributed by atoms with Crippen LogP contribution in [0.4, 0.5) is 0 Å². The van der Waals surface area contributed by atoms with Crippen LogP contribution in [0.1, 0.15) is 31.9 Å². The van der Waals surface area contributed by atoms with Crippen LogP contribution in [-0.2, 0) is 11.2 Å². The Balaban J connectivity index is 1.68. The zero-order valence-electron chi connectivity index (χ0n) is 14.0. The molecule has 6 nitrogen and oxygen atoms in total. The standard InChI is InChI=1S/C18H24N4O2/c1-2-13(12-22-9-5-6-10-22)19-17(23)11-16-14-7-3-4-8-15(14)18(24)21-20-16/h3-4,7-8,13H,2,5-6,9-12H2,1H3,(H,19,23)(H,21,24). The third-order valence-corrected chi connectivity index (χ3v) is 4.64. The van der Waals surface area contributed by atoms with Crippen molar-refractivity contribution in [2.75, 3.05) is 19.6 Å². The van der Waals surface area contributed by atoms with Gasteiger partial charge in [-0.15, -0.1) is 0 Å². The van der Waals surface area contributed by atoms with Gasteiger partial charge in [0.05, 0.1) is 17.5 Å². The third-order valence-electron chi connectivity index (χ3n) is 4.64. The number of aromatic nitrogens is 2. The molecule has 0 spiro atoms.